The minimum absolute atomic E-state index is 0.406. The highest BCUT2D eigenvalue weighted by Crippen LogP contribution is 2.51. The van der Waals surface area contributed by atoms with Crippen molar-refractivity contribution in [2.24, 2.45) is 41.4 Å². The van der Waals surface area contributed by atoms with E-state index in [9.17, 15) is 0 Å². The fourth-order valence-corrected chi connectivity index (χ4v) is 12.0. The van der Waals surface area contributed by atoms with Gasteiger partial charge in [-0.25, -0.2) is 0 Å². The van der Waals surface area contributed by atoms with Crippen LogP contribution in [-0.4, -0.2) is 14.4 Å². The fourth-order valence-electron chi connectivity index (χ4n) is 7.75. The molecule has 0 radical (unpaired) electrons. The number of fused-ring (bicyclic) bond motifs is 2. The monoisotopic (exact) mass is 450 g/mol. The van der Waals surface area contributed by atoms with Crippen LogP contribution in [0.3, 0.4) is 0 Å². The maximum atomic E-state index is 7.39. The van der Waals surface area contributed by atoms with Crippen LogP contribution in [0.1, 0.15) is 60.3 Å². The molecule has 0 spiro atoms. The predicted octanol–water partition coefficient (Wildman–Crippen LogP) is 8.50. The molecule has 1 nitrogen and oxygen atoms in total. The molecule has 2 saturated carbocycles. The van der Waals surface area contributed by atoms with E-state index in [0.717, 1.165) is 29.7 Å². The summed E-state index contributed by atoms with van der Waals surface area (Å²) in [5, 5.41) is 0. The molecule has 0 aromatic carbocycles. The lowest BCUT2D eigenvalue weighted by atomic mass is 9.77. The molecule has 0 amide bonds. The molecule has 0 N–H and O–H groups in total. The summed E-state index contributed by atoms with van der Waals surface area (Å²) >= 11 is 0. The summed E-state index contributed by atoms with van der Waals surface area (Å²) in [6.45, 7) is 16.2. The van der Waals surface area contributed by atoms with E-state index < -0.39 is 8.32 Å². The summed E-state index contributed by atoms with van der Waals surface area (Å²) in [5.74, 6) is 5.17. The highest BCUT2D eigenvalue weighted by Gasteiger charge is 2.49. The SMILES string of the molecule is C=CC[Si](OC1CC2C=CC=CC2C1CCC1C(C)CC2C=CC=CC21)(C(C)C)C(C)C. The molecule has 0 aromatic heterocycles. The van der Waals surface area contributed by atoms with Gasteiger partial charge in [0.05, 0.1) is 0 Å². The van der Waals surface area contributed by atoms with Crippen LogP contribution in [0.2, 0.25) is 17.1 Å². The molecule has 4 aliphatic carbocycles. The molecule has 32 heavy (non-hydrogen) atoms. The van der Waals surface area contributed by atoms with Crippen molar-refractivity contribution in [1.82, 2.24) is 0 Å². The Balaban J connectivity index is 1.53. The molecule has 4 aliphatic rings. The van der Waals surface area contributed by atoms with Crippen LogP contribution in [0.4, 0.5) is 0 Å². The minimum atomic E-state index is -1.91. The minimum Gasteiger partial charge on any atom is -0.413 e. The van der Waals surface area contributed by atoms with Crippen LogP contribution < -0.4 is 0 Å². The van der Waals surface area contributed by atoms with Gasteiger partial charge in [-0.3, -0.25) is 0 Å². The van der Waals surface area contributed by atoms with Crippen molar-refractivity contribution in [2.75, 3.05) is 0 Å². The summed E-state index contributed by atoms with van der Waals surface area (Å²) in [5.41, 5.74) is 1.23. The quantitative estimate of drug-likeness (QED) is 0.253. The zero-order chi connectivity index (χ0) is 22.9. The summed E-state index contributed by atoms with van der Waals surface area (Å²) < 4.78 is 7.39. The lowest BCUT2D eigenvalue weighted by Gasteiger charge is -2.42. The van der Waals surface area contributed by atoms with Crippen LogP contribution in [0.5, 0.6) is 0 Å². The van der Waals surface area contributed by atoms with E-state index in [1.165, 1.54) is 25.7 Å². The van der Waals surface area contributed by atoms with Crippen molar-refractivity contribution in [3.8, 4) is 0 Å². The largest absolute Gasteiger partial charge is 0.413 e. The van der Waals surface area contributed by atoms with Gasteiger partial charge < -0.3 is 4.43 Å². The summed E-state index contributed by atoms with van der Waals surface area (Å²) in [7, 11) is -1.91. The number of allylic oxidation sites excluding steroid dienone is 9. The topological polar surface area (TPSA) is 9.23 Å². The molecular weight excluding hydrogens is 404 g/mol. The second-order valence-electron chi connectivity index (χ2n) is 11.8. The van der Waals surface area contributed by atoms with Gasteiger partial charge in [0, 0.05) is 6.10 Å². The van der Waals surface area contributed by atoms with Crippen LogP contribution in [-0.2, 0) is 4.43 Å². The van der Waals surface area contributed by atoms with Gasteiger partial charge in [-0.05, 0) is 84.2 Å². The smallest absolute Gasteiger partial charge is 0.201 e. The molecular formula is C30H46OSi. The molecule has 8 atom stereocenters. The molecule has 0 aliphatic heterocycles. The average molecular weight is 451 g/mol. The molecule has 8 unspecified atom stereocenters. The zero-order valence-electron chi connectivity index (χ0n) is 21.1. The van der Waals surface area contributed by atoms with E-state index in [-0.39, 0.29) is 0 Å². The van der Waals surface area contributed by atoms with Gasteiger partial charge in [0.15, 0.2) is 0 Å². The van der Waals surface area contributed by atoms with Crippen LogP contribution in [0, 0.1) is 41.4 Å². The van der Waals surface area contributed by atoms with Crippen molar-refractivity contribution >= 4 is 8.32 Å². The number of hydrogen-bond donors (Lipinski definition) is 0. The van der Waals surface area contributed by atoms with Crippen LogP contribution in [0.25, 0.3) is 0 Å². The van der Waals surface area contributed by atoms with Crippen molar-refractivity contribution in [3.05, 3.63) is 61.3 Å². The standard InChI is InChI=1S/C30H46OSi/c1-7-18-32(21(2)3,22(4)5)31-30-20-25-13-9-11-15-28(25)29(30)17-16-26-23(6)19-24-12-8-10-14-27(24)26/h7-15,21-30H,1,16-20H2,2-6H3. The first-order valence-corrected chi connectivity index (χ1v) is 15.6. The van der Waals surface area contributed by atoms with Crippen molar-refractivity contribution < 1.29 is 4.43 Å². The van der Waals surface area contributed by atoms with Crippen molar-refractivity contribution in [1.29, 1.82) is 0 Å². The lowest BCUT2D eigenvalue weighted by molar-refractivity contribution is 0.117. The van der Waals surface area contributed by atoms with Gasteiger partial charge in [0.1, 0.15) is 0 Å². The Morgan fingerprint density at radius 1 is 0.844 bits per heavy atom. The zero-order valence-corrected chi connectivity index (χ0v) is 22.1. The number of hydrogen-bond acceptors (Lipinski definition) is 1. The molecule has 0 heterocycles. The highest BCUT2D eigenvalue weighted by atomic mass is 28.4. The Bertz CT molecular complexity index is 764. The van der Waals surface area contributed by atoms with E-state index in [4.69, 9.17) is 4.43 Å². The highest BCUT2D eigenvalue weighted by molar-refractivity contribution is 6.76. The second-order valence-corrected chi connectivity index (χ2v) is 16.7. The third kappa shape index (κ3) is 4.47. The van der Waals surface area contributed by atoms with E-state index in [1.54, 1.807) is 0 Å². The van der Waals surface area contributed by atoms with Gasteiger partial charge in [0.25, 0.3) is 0 Å². The summed E-state index contributed by atoms with van der Waals surface area (Å²) in [6.07, 6.45) is 26.8. The molecule has 0 aromatic rings. The molecule has 176 valence electrons. The normalized spacial score (nSPS) is 38.0. The van der Waals surface area contributed by atoms with Crippen LogP contribution in [0.15, 0.2) is 61.3 Å². The Morgan fingerprint density at radius 2 is 1.38 bits per heavy atom. The second kappa shape index (κ2) is 10.0. The van der Waals surface area contributed by atoms with E-state index in [1.807, 2.05) is 0 Å². The molecule has 2 heteroatoms. The number of rotatable bonds is 9. The molecule has 2 fully saturated rings. The first-order chi connectivity index (χ1) is 15.4. The van der Waals surface area contributed by atoms with Gasteiger partial charge in [-0.2, -0.15) is 0 Å². The summed E-state index contributed by atoms with van der Waals surface area (Å²) in [4.78, 5) is 0. The van der Waals surface area contributed by atoms with Crippen molar-refractivity contribution in [3.63, 3.8) is 0 Å². The van der Waals surface area contributed by atoms with Gasteiger partial charge in [-0.15, -0.1) is 6.58 Å². The molecule has 0 bridgehead atoms. The van der Waals surface area contributed by atoms with Crippen molar-refractivity contribution in [2.45, 2.75) is 83.5 Å². The Kier molecular flexibility index (Phi) is 7.52. The first-order valence-electron chi connectivity index (χ1n) is 13.4. The fraction of sp³-hybridized carbons (Fsp3) is 0.667. The maximum absolute atomic E-state index is 7.39. The van der Waals surface area contributed by atoms with Gasteiger partial charge in [0.2, 0.25) is 8.32 Å². The maximum Gasteiger partial charge on any atom is 0.201 e. The first kappa shape index (κ1) is 24.0. The van der Waals surface area contributed by atoms with Gasteiger partial charge >= 0.3 is 0 Å². The Hall–Kier alpha value is -1.12. The van der Waals surface area contributed by atoms with E-state index in [2.05, 4.69) is 95.9 Å². The molecule has 0 saturated heterocycles. The van der Waals surface area contributed by atoms with E-state index >= 15 is 0 Å². The lowest BCUT2D eigenvalue weighted by Crippen LogP contribution is -2.48. The van der Waals surface area contributed by atoms with Gasteiger partial charge in [-0.1, -0.05) is 89.3 Å². The summed E-state index contributed by atoms with van der Waals surface area (Å²) in [6, 6.07) is 1.08. The van der Waals surface area contributed by atoms with Crippen LogP contribution >= 0.6 is 0 Å². The Morgan fingerprint density at radius 3 is 1.97 bits per heavy atom. The predicted molar refractivity (Wildman–Crippen MR) is 141 cm³/mol. The third-order valence-corrected chi connectivity index (χ3v) is 15.1. The van der Waals surface area contributed by atoms with E-state index in [0.29, 0.717) is 34.9 Å². The third-order valence-electron chi connectivity index (χ3n) is 9.56. The Labute approximate surface area is 198 Å². The molecule has 4 rings (SSSR count). The average Bonchev–Trinajstić information content (AvgIpc) is 3.27.